The minimum atomic E-state index is 0.236. The van der Waals surface area contributed by atoms with E-state index in [4.69, 9.17) is 23.2 Å². The summed E-state index contributed by atoms with van der Waals surface area (Å²) in [7, 11) is 0. The molecule has 25 heavy (non-hydrogen) atoms. The van der Waals surface area contributed by atoms with Crippen LogP contribution >= 0.6 is 23.2 Å². The Labute approximate surface area is 153 Å². The van der Waals surface area contributed by atoms with Crippen LogP contribution in [0.4, 0.5) is 17.3 Å². The third kappa shape index (κ3) is 3.84. The van der Waals surface area contributed by atoms with Crippen LogP contribution in [0.2, 0.25) is 5.02 Å². The van der Waals surface area contributed by atoms with Crippen molar-refractivity contribution in [2.24, 2.45) is 4.99 Å². The first-order valence-corrected chi connectivity index (χ1v) is 7.90. The SMILES string of the molecule is C=C/C=C(/Cl)C(C)=Nc1nc2nonc2nc1Nc1ccccc1Cl. The van der Waals surface area contributed by atoms with Crippen molar-refractivity contribution in [2.75, 3.05) is 5.32 Å². The Morgan fingerprint density at radius 2 is 1.96 bits per heavy atom. The van der Waals surface area contributed by atoms with Crippen molar-refractivity contribution in [1.29, 1.82) is 0 Å². The standard InChI is InChI=1S/C16H12Cl2N6O/c1-3-6-10(17)9(2)19-13-14(20-12-8-5-4-7-11(12)18)22-16-15(21-13)23-25-24-16/h3-8H,1H2,2H3,(H,20,22,24)/b10-6+,19-9?. The molecule has 0 aliphatic rings. The number of hydrogen-bond donors (Lipinski definition) is 1. The summed E-state index contributed by atoms with van der Waals surface area (Å²) in [5.41, 5.74) is 1.67. The Kier molecular flexibility index (Phi) is 5.06. The van der Waals surface area contributed by atoms with Gasteiger partial charge >= 0.3 is 0 Å². The third-order valence-corrected chi connectivity index (χ3v) is 3.84. The van der Waals surface area contributed by atoms with Gasteiger partial charge < -0.3 is 5.32 Å². The van der Waals surface area contributed by atoms with Crippen LogP contribution in [0.5, 0.6) is 0 Å². The van der Waals surface area contributed by atoms with Crippen LogP contribution in [-0.2, 0) is 0 Å². The highest BCUT2D eigenvalue weighted by molar-refractivity contribution is 6.43. The molecule has 9 heteroatoms. The van der Waals surface area contributed by atoms with Crippen LogP contribution in [0.3, 0.4) is 0 Å². The average Bonchev–Trinajstić information content (AvgIpc) is 3.04. The number of aliphatic imine (C=N–C) groups is 1. The van der Waals surface area contributed by atoms with E-state index in [-0.39, 0.29) is 17.1 Å². The van der Waals surface area contributed by atoms with E-state index in [0.717, 1.165) is 0 Å². The van der Waals surface area contributed by atoms with Gasteiger partial charge in [-0.3, -0.25) is 0 Å². The van der Waals surface area contributed by atoms with Gasteiger partial charge in [-0.25, -0.2) is 14.6 Å². The van der Waals surface area contributed by atoms with E-state index in [1.807, 2.05) is 12.1 Å². The molecule has 1 N–H and O–H groups in total. The Morgan fingerprint density at radius 3 is 2.68 bits per heavy atom. The lowest BCUT2D eigenvalue weighted by atomic mass is 10.3. The normalized spacial score (nSPS) is 12.4. The number of fused-ring (bicyclic) bond motifs is 1. The molecule has 0 bridgehead atoms. The van der Waals surface area contributed by atoms with Gasteiger partial charge in [-0.2, -0.15) is 4.98 Å². The van der Waals surface area contributed by atoms with E-state index in [9.17, 15) is 0 Å². The smallest absolute Gasteiger partial charge is 0.245 e. The summed E-state index contributed by atoms with van der Waals surface area (Å²) in [6.07, 6.45) is 3.20. The maximum atomic E-state index is 6.19. The van der Waals surface area contributed by atoms with Crippen molar-refractivity contribution in [2.45, 2.75) is 6.92 Å². The zero-order valence-electron chi connectivity index (χ0n) is 13.1. The summed E-state index contributed by atoms with van der Waals surface area (Å²) in [5, 5.41) is 11.4. The molecule has 0 unspecified atom stereocenters. The molecule has 0 fully saturated rings. The molecule has 0 spiro atoms. The Balaban J connectivity index is 2.09. The molecule has 2 heterocycles. The monoisotopic (exact) mass is 374 g/mol. The first-order chi connectivity index (χ1) is 12.1. The second-order valence-electron chi connectivity index (χ2n) is 4.86. The molecule has 1 aromatic carbocycles. The van der Waals surface area contributed by atoms with Crippen molar-refractivity contribution in [3.8, 4) is 0 Å². The van der Waals surface area contributed by atoms with Gasteiger partial charge in [0.05, 0.1) is 21.5 Å². The number of halogens is 2. The predicted molar refractivity (Wildman–Crippen MR) is 99.0 cm³/mol. The van der Waals surface area contributed by atoms with E-state index in [2.05, 4.69) is 41.8 Å². The number of nitrogens with one attached hydrogen (secondary N) is 1. The molecule has 0 atom stereocenters. The van der Waals surface area contributed by atoms with Crippen LogP contribution in [0.1, 0.15) is 6.92 Å². The number of anilines is 2. The van der Waals surface area contributed by atoms with Gasteiger partial charge in [-0.15, -0.1) is 0 Å². The van der Waals surface area contributed by atoms with Crippen molar-refractivity contribution in [1.82, 2.24) is 20.3 Å². The summed E-state index contributed by atoms with van der Waals surface area (Å²) in [5.74, 6) is 0.620. The molecule has 0 aliphatic heterocycles. The molecule has 7 nitrogen and oxygen atoms in total. The number of nitrogens with zero attached hydrogens (tertiary/aromatic N) is 5. The van der Waals surface area contributed by atoms with Gasteiger partial charge in [-0.1, -0.05) is 48.0 Å². The number of para-hydroxylation sites is 1. The fourth-order valence-corrected chi connectivity index (χ4v) is 2.23. The van der Waals surface area contributed by atoms with Crippen molar-refractivity contribution in [3.63, 3.8) is 0 Å². The minimum Gasteiger partial charge on any atom is -0.336 e. The Morgan fingerprint density at radius 1 is 1.24 bits per heavy atom. The van der Waals surface area contributed by atoms with Crippen LogP contribution in [0.15, 0.2) is 57.7 Å². The molecule has 0 amide bonds. The number of aromatic nitrogens is 4. The highest BCUT2D eigenvalue weighted by atomic mass is 35.5. The molecule has 2 aromatic heterocycles. The second-order valence-corrected chi connectivity index (χ2v) is 5.67. The average molecular weight is 375 g/mol. The number of hydrogen-bond acceptors (Lipinski definition) is 7. The van der Waals surface area contributed by atoms with E-state index in [1.165, 1.54) is 0 Å². The number of allylic oxidation sites excluding steroid dienone is 3. The van der Waals surface area contributed by atoms with Gasteiger partial charge in [0, 0.05) is 0 Å². The van der Waals surface area contributed by atoms with Gasteiger partial charge in [0.2, 0.25) is 11.3 Å². The van der Waals surface area contributed by atoms with E-state index in [1.54, 1.807) is 31.2 Å². The molecule has 0 saturated heterocycles. The minimum absolute atomic E-state index is 0.236. The van der Waals surface area contributed by atoms with Crippen LogP contribution in [0.25, 0.3) is 11.3 Å². The van der Waals surface area contributed by atoms with Crippen LogP contribution in [0, 0.1) is 0 Å². The largest absolute Gasteiger partial charge is 0.336 e. The highest BCUT2D eigenvalue weighted by Crippen LogP contribution is 2.30. The number of benzene rings is 1. The Hall–Kier alpha value is -2.77. The molecule has 0 radical (unpaired) electrons. The second kappa shape index (κ2) is 7.42. The molecule has 3 rings (SSSR count). The fraction of sp³-hybridized carbons (Fsp3) is 0.0625. The molecular formula is C16H12Cl2N6O. The quantitative estimate of drug-likeness (QED) is 0.508. The fourth-order valence-electron chi connectivity index (χ4n) is 1.92. The van der Waals surface area contributed by atoms with Crippen LogP contribution < -0.4 is 5.32 Å². The third-order valence-electron chi connectivity index (χ3n) is 3.11. The first kappa shape index (κ1) is 17.1. The van der Waals surface area contributed by atoms with Crippen LogP contribution in [-0.4, -0.2) is 26.0 Å². The lowest BCUT2D eigenvalue weighted by Crippen LogP contribution is -1.99. The zero-order chi connectivity index (χ0) is 17.8. The highest BCUT2D eigenvalue weighted by Gasteiger charge is 2.14. The first-order valence-electron chi connectivity index (χ1n) is 7.14. The topological polar surface area (TPSA) is 89.1 Å². The molecule has 0 saturated carbocycles. The lowest BCUT2D eigenvalue weighted by molar-refractivity contribution is 0.314. The zero-order valence-corrected chi connectivity index (χ0v) is 14.6. The molecule has 0 aliphatic carbocycles. The lowest BCUT2D eigenvalue weighted by Gasteiger charge is -2.09. The summed E-state index contributed by atoms with van der Waals surface area (Å²) in [4.78, 5) is 13.1. The predicted octanol–water partition coefficient (Wildman–Crippen LogP) is 4.81. The maximum absolute atomic E-state index is 6.19. The van der Waals surface area contributed by atoms with E-state index < -0.39 is 0 Å². The number of rotatable bonds is 5. The summed E-state index contributed by atoms with van der Waals surface area (Å²) >= 11 is 12.3. The van der Waals surface area contributed by atoms with Crippen molar-refractivity contribution in [3.05, 3.63) is 53.1 Å². The molecule has 126 valence electrons. The maximum Gasteiger partial charge on any atom is 0.245 e. The van der Waals surface area contributed by atoms with Gasteiger partial charge in [-0.05, 0) is 35.4 Å². The molecular weight excluding hydrogens is 363 g/mol. The summed E-state index contributed by atoms with van der Waals surface area (Å²) in [6, 6.07) is 7.23. The van der Waals surface area contributed by atoms with Crippen molar-refractivity contribution < 1.29 is 4.63 Å². The van der Waals surface area contributed by atoms with Gasteiger partial charge in [0.15, 0.2) is 11.6 Å². The molecule has 3 aromatic rings. The Bertz CT molecular complexity index is 995. The van der Waals surface area contributed by atoms with E-state index in [0.29, 0.717) is 27.3 Å². The van der Waals surface area contributed by atoms with Gasteiger partial charge in [0.1, 0.15) is 0 Å². The van der Waals surface area contributed by atoms with Crippen molar-refractivity contribution >= 4 is 57.5 Å². The summed E-state index contributed by atoms with van der Waals surface area (Å²) < 4.78 is 4.66. The van der Waals surface area contributed by atoms with E-state index >= 15 is 0 Å². The summed E-state index contributed by atoms with van der Waals surface area (Å²) in [6.45, 7) is 5.35. The van der Waals surface area contributed by atoms with Gasteiger partial charge in [0.25, 0.3) is 0 Å².